The number of piperazine rings is 1. The van der Waals surface area contributed by atoms with E-state index in [1.165, 1.54) is 38.5 Å². The largest absolute Gasteiger partial charge is 0.353 e. The highest BCUT2D eigenvalue weighted by Gasteiger charge is 2.37. The van der Waals surface area contributed by atoms with Gasteiger partial charge in [0.15, 0.2) is 0 Å². The van der Waals surface area contributed by atoms with Crippen LogP contribution < -0.4 is 10.6 Å². The second-order valence-electron chi connectivity index (χ2n) is 6.14. The monoisotopic (exact) mass is 251 g/mol. The maximum atomic E-state index is 11.9. The lowest BCUT2D eigenvalue weighted by Crippen LogP contribution is -2.45. The summed E-state index contributed by atoms with van der Waals surface area (Å²) in [6, 6.07) is 1.84. The van der Waals surface area contributed by atoms with Gasteiger partial charge in [-0.2, -0.15) is 0 Å². The Morgan fingerprint density at radius 3 is 2.78 bits per heavy atom. The lowest BCUT2D eigenvalue weighted by Gasteiger charge is -2.27. The van der Waals surface area contributed by atoms with Crippen molar-refractivity contribution in [1.82, 2.24) is 15.5 Å². The first-order valence-corrected chi connectivity index (χ1v) is 7.58. The van der Waals surface area contributed by atoms with Gasteiger partial charge in [0.2, 0.25) is 5.91 Å². The smallest absolute Gasteiger partial charge is 0.221 e. The van der Waals surface area contributed by atoms with Crippen molar-refractivity contribution in [2.45, 2.75) is 63.1 Å². The van der Waals surface area contributed by atoms with Crippen molar-refractivity contribution < 1.29 is 4.79 Å². The van der Waals surface area contributed by atoms with E-state index in [0.29, 0.717) is 24.5 Å². The molecule has 0 unspecified atom stereocenters. The Labute approximate surface area is 109 Å². The number of fused-ring (bicyclic) bond motifs is 2. The van der Waals surface area contributed by atoms with E-state index in [-0.39, 0.29) is 5.91 Å². The lowest BCUT2D eigenvalue weighted by atomic mass is 9.95. The predicted octanol–water partition coefficient (Wildman–Crippen LogP) is 0.872. The van der Waals surface area contributed by atoms with Crippen molar-refractivity contribution in [3.05, 3.63) is 0 Å². The Kier molecular flexibility index (Phi) is 3.85. The van der Waals surface area contributed by atoms with E-state index in [9.17, 15) is 4.79 Å². The van der Waals surface area contributed by atoms with Crippen LogP contribution in [0.3, 0.4) is 0 Å². The first-order valence-electron chi connectivity index (χ1n) is 7.58. The van der Waals surface area contributed by atoms with E-state index in [1.807, 2.05) is 0 Å². The highest BCUT2D eigenvalue weighted by molar-refractivity contribution is 5.76. The normalized spacial score (nSPS) is 32.9. The molecule has 1 amide bonds. The molecular formula is C14H25N3O. The van der Waals surface area contributed by atoms with E-state index in [1.54, 1.807) is 0 Å². The van der Waals surface area contributed by atoms with Crippen molar-refractivity contribution >= 4 is 5.91 Å². The van der Waals surface area contributed by atoms with Crippen molar-refractivity contribution in [3.8, 4) is 0 Å². The van der Waals surface area contributed by atoms with Crippen LogP contribution in [-0.2, 0) is 4.79 Å². The summed E-state index contributed by atoms with van der Waals surface area (Å²) < 4.78 is 0. The van der Waals surface area contributed by atoms with Gasteiger partial charge in [-0.3, -0.25) is 9.69 Å². The molecule has 0 radical (unpaired) electrons. The van der Waals surface area contributed by atoms with E-state index >= 15 is 0 Å². The highest BCUT2D eigenvalue weighted by atomic mass is 16.1. The first kappa shape index (κ1) is 12.4. The Hall–Kier alpha value is -0.610. The van der Waals surface area contributed by atoms with Crippen molar-refractivity contribution in [2.75, 3.05) is 19.6 Å². The number of hydrogen-bond donors (Lipinski definition) is 2. The quantitative estimate of drug-likeness (QED) is 0.779. The van der Waals surface area contributed by atoms with E-state index < -0.39 is 0 Å². The Bertz CT molecular complexity index is 301. The van der Waals surface area contributed by atoms with E-state index in [4.69, 9.17) is 0 Å². The summed E-state index contributed by atoms with van der Waals surface area (Å²) in [5.41, 5.74) is 0. The van der Waals surface area contributed by atoms with Crippen molar-refractivity contribution in [2.24, 2.45) is 0 Å². The number of amides is 1. The Morgan fingerprint density at radius 2 is 2.11 bits per heavy atom. The van der Waals surface area contributed by atoms with Gasteiger partial charge in [-0.25, -0.2) is 0 Å². The van der Waals surface area contributed by atoms with Crippen LogP contribution in [0.4, 0.5) is 0 Å². The molecule has 0 aromatic rings. The van der Waals surface area contributed by atoms with Gasteiger partial charge < -0.3 is 10.6 Å². The number of carbonyl (C=O) groups excluding carboxylic acids is 1. The predicted molar refractivity (Wildman–Crippen MR) is 71.4 cm³/mol. The molecule has 2 saturated heterocycles. The van der Waals surface area contributed by atoms with E-state index in [2.05, 4.69) is 15.5 Å². The number of rotatable bonds is 4. The van der Waals surface area contributed by atoms with Gasteiger partial charge >= 0.3 is 0 Å². The summed E-state index contributed by atoms with van der Waals surface area (Å²) in [7, 11) is 0. The van der Waals surface area contributed by atoms with Gasteiger partial charge in [-0.1, -0.05) is 19.3 Å². The molecule has 2 N–H and O–H groups in total. The van der Waals surface area contributed by atoms with Crippen LogP contribution in [0.1, 0.15) is 44.9 Å². The zero-order valence-corrected chi connectivity index (χ0v) is 11.2. The summed E-state index contributed by atoms with van der Waals surface area (Å²) in [6.07, 6.45) is 8.24. The van der Waals surface area contributed by atoms with Crippen LogP contribution in [0.5, 0.6) is 0 Å². The highest BCUT2D eigenvalue weighted by Crippen LogP contribution is 2.23. The Balaban J connectivity index is 1.36. The third-order valence-electron chi connectivity index (χ3n) is 4.77. The summed E-state index contributed by atoms with van der Waals surface area (Å²) >= 11 is 0. The summed E-state index contributed by atoms with van der Waals surface area (Å²) in [5.74, 6) is 0.262. The minimum absolute atomic E-state index is 0.262. The summed E-state index contributed by atoms with van der Waals surface area (Å²) in [6.45, 7) is 3.21. The van der Waals surface area contributed by atoms with Crippen LogP contribution in [-0.4, -0.2) is 48.6 Å². The fourth-order valence-electron chi connectivity index (χ4n) is 3.71. The lowest BCUT2D eigenvalue weighted by molar-refractivity contribution is -0.122. The maximum absolute atomic E-state index is 11.9. The summed E-state index contributed by atoms with van der Waals surface area (Å²) in [4.78, 5) is 14.4. The van der Waals surface area contributed by atoms with Gasteiger partial charge in [0.25, 0.3) is 0 Å². The van der Waals surface area contributed by atoms with Crippen LogP contribution >= 0.6 is 0 Å². The SMILES string of the molecule is O=C(CCN1C[C@H]2C[C@@H]1CN2)NC1CCCCC1. The van der Waals surface area contributed by atoms with Gasteiger partial charge in [-0.15, -0.1) is 0 Å². The molecule has 2 atom stereocenters. The standard InChI is InChI=1S/C14H25N3O/c18-14(16-11-4-2-1-3-5-11)6-7-17-10-12-8-13(17)9-15-12/h11-13,15H,1-10H2,(H,16,18)/t12-,13-/m1/s1. The molecule has 2 aliphatic heterocycles. The summed E-state index contributed by atoms with van der Waals surface area (Å²) in [5, 5.41) is 6.70. The molecular weight excluding hydrogens is 226 g/mol. The molecule has 2 bridgehead atoms. The van der Waals surface area contributed by atoms with Crippen LogP contribution in [0.25, 0.3) is 0 Å². The molecule has 0 aromatic carbocycles. The van der Waals surface area contributed by atoms with Crippen LogP contribution in [0.2, 0.25) is 0 Å². The maximum Gasteiger partial charge on any atom is 0.221 e. The average molecular weight is 251 g/mol. The molecule has 2 heterocycles. The third-order valence-corrected chi connectivity index (χ3v) is 4.77. The minimum atomic E-state index is 0.262. The number of nitrogens with zero attached hydrogens (tertiary/aromatic N) is 1. The second-order valence-corrected chi connectivity index (χ2v) is 6.14. The minimum Gasteiger partial charge on any atom is -0.353 e. The molecule has 0 aromatic heterocycles. The molecule has 102 valence electrons. The average Bonchev–Trinajstić information content (AvgIpc) is 3.00. The van der Waals surface area contributed by atoms with Gasteiger partial charge in [0.05, 0.1) is 0 Å². The molecule has 4 nitrogen and oxygen atoms in total. The topological polar surface area (TPSA) is 44.4 Å². The van der Waals surface area contributed by atoms with Gasteiger partial charge in [-0.05, 0) is 19.3 Å². The van der Waals surface area contributed by atoms with Crippen LogP contribution in [0.15, 0.2) is 0 Å². The number of hydrogen-bond acceptors (Lipinski definition) is 3. The molecule has 4 heteroatoms. The second kappa shape index (κ2) is 5.57. The zero-order valence-electron chi connectivity index (χ0n) is 11.2. The van der Waals surface area contributed by atoms with Crippen LogP contribution in [0, 0.1) is 0 Å². The molecule has 0 spiro atoms. The fourth-order valence-corrected chi connectivity index (χ4v) is 3.71. The zero-order chi connectivity index (χ0) is 12.4. The number of likely N-dealkylation sites (tertiary alicyclic amines) is 1. The molecule has 3 aliphatic rings. The van der Waals surface area contributed by atoms with Crippen molar-refractivity contribution in [1.29, 1.82) is 0 Å². The number of nitrogens with one attached hydrogen (secondary N) is 2. The Morgan fingerprint density at radius 1 is 1.28 bits per heavy atom. The van der Waals surface area contributed by atoms with E-state index in [0.717, 1.165) is 19.6 Å². The molecule has 3 rings (SSSR count). The molecule has 3 fully saturated rings. The fraction of sp³-hybridized carbons (Fsp3) is 0.929. The van der Waals surface area contributed by atoms with Gasteiger partial charge in [0, 0.05) is 44.2 Å². The van der Waals surface area contributed by atoms with Crippen molar-refractivity contribution in [3.63, 3.8) is 0 Å². The van der Waals surface area contributed by atoms with Gasteiger partial charge in [0.1, 0.15) is 0 Å². The third kappa shape index (κ3) is 2.86. The molecule has 18 heavy (non-hydrogen) atoms. The number of carbonyl (C=O) groups is 1. The molecule has 1 aliphatic carbocycles. The molecule has 1 saturated carbocycles. The first-order chi connectivity index (χ1) is 8.81.